The standard InChI is InChI=1S/C19H15ClN2O2/c20-16-10-5-4-9-15(16)19(23)22-18-17(11-6-12-21-18)24-13-14-7-2-1-3-8-14/h1-12H,13H2,(H,21,22,23). The molecule has 3 rings (SSSR count). The van der Waals surface area contributed by atoms with Crippen molar-refractivity contribution in [3.05, 3.63) is 89.1 Å². The summed E-state index contributed by atoms with van der Waals surface area (Å²) in [6.07, 6.45) is 1.59. The highest BCUT2D eigenvalue weighted by Crippen LogP contribution is 2.24. The van der Waals surface area contributed by atoms with Crippen LogP contribution in [0.3, 0.4) is 0 Å². The number of benzene rings is 2. The number of nitrogens with one attached hydrogen (secondary N) is 1. The number of carbonyl (C=O) groups excluding carboxylic acids is 1. The Bertz CT molecular complexity index is 838. The highest BCUT2D eigenvalue weighted by Gasteiger charge is 2.13. The van der Waals surface area contributed by atoms with Crippen molar-refractivity contribution < 1.29 is 9.53 Å². The molecular weight excluding hydrogens is 324 g/mol. The van der Waals surface area contributed by atoms with Crippen molar-refractivity contribution in [2.75, 3.05) is 5.32 Å². The summed E-state index contributed by atoms with van der Waals surface area (Å²) in [6, 6.07) is 20.2. The fraction of sp³-hybridized carbons (Fsp3) is 0.0526. The van der Waals surface area contributed by atoms with Gasteiger partial charge in [-0.1, -0.05) is 54.1 Å². The van der Waals surface area contributed by atoms with E-state index in [0.29, 0.717) is 28.8 Å². The number of hydrogen-bond acceptors (Lipinski definition) is 3. The quantitative estimate of drug-likeness (QED) is 0.741. The molecule has 0 aliphatic heterocycles. The molecule has 2 aromatic carbocycles. The number of anilines is 1. The Balaban J connectivity index is 1.74. The van der Waals surface area contributed by atoms with Crippen molar-refractivity contribution in [3.8, 4) is 5.75 Å². The first kappa shape index (κ1) is 16.0. The second-order valence-corrected chi connectivity index (χ2v) is 5.47. The summed E-state index contributed by atoms with van der Waals surface area (Å²) in [5.41, 5.74) is 1.42. The minimum Gasteiger partial charge on any atom is -0.485 e. The molecule has 1 heterocycles. The predicted molar refractivity (Wildman–Crippen MR) is 94.4 cm³/mol. The number of nitrogens with zero attached hydrogens (tertiary/aromatic N) is 1. The molecule has 5 heteroatoms. The molecule has 0 unspecified atom stereocenters. The zero-order valence-corrected chi connectivity index (χ0v) is 13.5. The van der Waals surface area contributed by atoms with Gasteiger partial charge < -0.3 is 10.1 Å². The van der Waals surface area contributed by atoms with E-state index in [1.165, 1.54) is 0 Å². The number of carbonyl (C=O) groups is 1. The van der Waals surface area contributed by atoms with Crippen LogP contribution in [0.15, 0.2) is 72.9 Å². The van der Waals surface area contributed by atoms with Crippen LogP contribution in [0.2, 0.25) is 5.02 Å². The maximum Gasteiger partial charge on any atom is 0.258 e. The first-order valence-electron chi connectivity index (χ1n) is 7.41. The van der Waals surface area contributed by atoms with Crippen LogP contribution in [0.25, 0.3) is 0 Å². The van der Waals surface area contributed by atoms with Crippen molar-refractivity contribution >= 4 is 23.3 Å². The minimum atomic E-state index is -0.330. The number of halogens is 1. The summed E-state index contributed by atoms with van der Waals surface area (Å²) in [7, 11) is 0. The first-order chi connectivity index (χ1) is 11.7. The van der Waals surface area contributed by atoms with Gasteiger partial charge in [-0.05, 0) is 29.8 Å². The summed E-state index contributed by atoms with van der Waals surface area (Å²) in [5.74, 6) is 0.531. The maximum absolute atomic E-state index is 12.4. The number of aromatic nitrogens is 1. The number of amides is 1. The summed E-state index contributed by atoms with van der Waals surface area (Å²) >= 11 is 6.05. The summed E-state index contributed by atoms with van der Waals surface area (Å²) < 4.78 is 5.78. The van der Waals surface area contributed by atoms with Crippen molar-refractivity contribution in [3.63, 3.8) is 0 Å². The van der Waals surface area contributed by atoms with E-state index in [1.54, 1.807) is 42.6 Å². The van der Waals surface area contributed by atoms with E-state index >= 15 is 0 Å². The lowest BCUT2D eigenvalue weighted by Crippen LogP contribution is -2.14. The van der Waals surface area contributed by atoms with Crippen LogP contribution < -0.4 is 10.1 Å². The van der Waals surface area contributed by atoms with Gasteiger partial charge in [0.15, 0.2) is 11.6 Å². The van der Waals surface area contributed by atoms with E-state index in [9.17, 15) is 4.79 Å². The third kappa shape index (κ3) is 3.91. The Labute approximate surface area is 145 Å². The molecule has 0 radical (unpaired) electrons. The molecule has 0 spiro atoms. The minimum absolute atomic E-state index is 0.330. The number of pyridine rings is 1. The summed E-state index contributed by atoms with van der Waals surface area (Å²) in [4.78, 5) is 16.6. The van der Waals surface area contributed by atoms with Crippen molar-refractivity contribution in [2.45, 2.75) is 6.61 Å². The van der Waals surface area contributed by atoms with Gasteiger partial charge in [0, 0.05) is 6.20 Å². The van der Waals surface area contributed by atoms with Gasteiger partial charge >= 0.3 is 0 Å². The third-order valence-electron chi connectivity index (χ3n) is 3.36. The van der Waals surface area contributed by atoms with E-state index in [2.05, 4.69) is 10.3 Å². The molecule has 24 heavy (non-hydrogen) atoms. The van der Waals surface area contributed by atoms with E-state index in [1.807, 2.05) is 30.3 Å². The molecule has 120 valence electrons. The molecule has 0 aliphatic rings. The Morgan fingerprint density at radius 2 is 1.75 bits per heavy atom. The number of ether oxygens (including phenoxy) is 1. The average molecular weight is 339 g/mol. The Morgan fingerprint density at radius 1 is 1.00 bits per heavy atom. The van der Waals surface area contributed by atoms with Crippen LogP contribution in [0.1, 0.15) is 15.9 Å². The Morgan fingerprint density at radius 3 is 2.54 bits per heavy atom. The van der Waals surface area contributed by atoms with Crippen LogP contribution in [0, 0.1) is 0 Å². The second kappa shape index (κ2) is 7.62. The molecule has 0 saturated carbocycles. The molecule has 0 aliphatic carbocycles. The molecule has 0 bridgehead atoms. The molecule has 1 amide bonds. The second-order valence-electron chi connectivity index (χ2n) is 5.06. The van der Waals surface area contributed by atoms with Gasteiger partial charge in [0.05, 0.1) is 10.6 Å². The van der Waals surface area contributed by atoms with Gasteiger partial charge in [0.2, 0.25) is 0 Å². The summed E-state index contributed by atoms with van der Waals surface area (Å²) in [6.45, 7) is 0.390. The lowest BCUT2D eigenvalue weighted by molar-refractivity contribution is 0.102. The monoisotopic (exact) mass is 338 g/mol. The van der Waals surface area contributed by atoms with Crippen molar-refractivity contribution in [1.82, 2.24) is 4.98 Å². The summed E-state index contributed by atoms with van der Waals surface area (Å²) in [5, 5.41) is 3.13. The topological polar surface area (TPSA) is 51.2 Å². The normalized spacial score (nSPS) is 10.2. The first-order valence-corrected chi connectivity index (χ1v) is 7.79. The Kier molecular flexibility index (Phi) is 5.08. The number of rotatable bonds is 5. The van der Waals surface area contributed by atoms with E-state index < -0.39 is 0 Å². The SMILES string of the molecule is O=C(Nc1ncccc1OCc1ccccc1)c1ccccc1Cl. The van der Waals surface area contributed by atoms with Gasteiger partial charge in [-0.2, -0.15) is 0 Å². The largest absolute Gasteiger partial charge is 0.485 e. The van der Waals surface area contributed by atoms with Gasteiger partial charge in [-0.15, -0.1) is 0 Å². The van der Waals surface area contributed by atoms with Crippen molar-refractivity contribution in [1.29, 1.82) is 0 Å². The molecule has 0 atom stereocenters. The molecule has 1 aromatic heterocycles. The van der Waals surface area contributed by atoms with Crippen LogP contribution in [-0.4, -0.2) is 10.9 Å². The number of hydrogen-bond donors (Lipinski definition) is 1. The van der Waals surface area contributed by atoms with E-state index in [4.69, 9.17) is 16.3 Å². The average Bonchev–Trinajstić information content (AvgIpc) is 2.62. The molecule has 1 N–H and O–H groups in total. The van der Waals surface area contributed by atoms with Crippen LogP contribution in [0.5, 0.6) is 5.75 Å². The van der Waals surface area contributed by atoms with Gasteiger partial charge in [-0.25, -0.2) is 4.98 Å². The molecule has 3 aromatic rings. The molecule has 0 fully saturated rings. The zero-order valence-electron chi connectivity index (χ0n) is 12.8. The van der Waals surface area contributed by atoms with Gasteiger partial charge in [-0.3, -0.25) is 4.79 Å². The fourth-order valence-corrected chi connectivity index (χ4v) is 2.38. The lowest BCUT2D eigenvalue weighted by atomic mass is 10.2. The fourth-order valence-electron chi connectivity index (χ4n) is 2.16. The predicted octanol–water partition coefficient (Wildman–Crippen LogP) is 4.57. The van der Waals surface area contributed by atoms with E-state index in [0.717, 1.165) is 5.56 Å². The molecule has 4 nitrogen and oxygen atoms in total. The van der Waals surface area contributed by atoms with E-state index in [-0.39, 0.29) is 5.91 Å². The van der Waals surface area contributed by atoms with Gasteiger partial charge in [0.1, 0.15) is 6.61 Å². The highest BCUT2D eigenvalue weighted by atomic mass is 35.5. The van der Waals surface area contributed by atoms with Crippen LogP contribution >= 0.6 is 11.6 Å². The smallest absolute Gasteiger partial charge is 0.258 e. The van der Waals surface area contributed by atoms with Crippen LogP contribution in [-0.2, 0) is 6.61 Å². The molecular formula is C19H15ClN2O2. The maximum atomic E-state index is 12.4. The Hall–Kier alpha value is -2.85. The zero-order chi connectivity index (χ0) is 16.8. The van der Waals surface area contributed by atoms with Crippen LogP contribution in [0.4, 0.5) is 5.82 Å². The molecule has 0 saturated heterocycles. The third-order valence-corrected chi connectivity index (χ3v) is 3.69. The van der Waals surface area contributed by atoms with Crippen molar-refractivity contribution in [2.24, 2.45) is 0 Å². The van der Waals surface area contributed by atoms with Gasteiger partial charge in [0.25, 0.3) is 5.91 Å². The highest BCUT2D eigenvalue weighted by molar-refractivity contribution is 6.34. The lowest BCUT2D eigenvalue weighted by Gasteiger charge is -2.12.